The van der Waals surface area contributed by atoms with Gasteiger partial charge in [0.25, 0.3) is 0 Å². The average Bonchev–Trinajstić information content (AvgIpc) is 3.18. The van der Waals surface area contributed by atoms with Gasteiger partial charge in [-0.3, -0.25) is 9.59 Å². The summed E-state index contributed by atoms with van der Waals surface area (Å²) in [5.74, 6) is -1.82. The fourth-order valence-corrected chi connectivity index (χ4v) is 6.41. The number of carbonyl (C=O) groups is 2. The Morgan fingerprint density at radius 3 is 2.27 bits per heavy atom. The van der Waals surface area contributed by atoms with Crippen LogP contribution >= 0.6 is 0 Å². The normalized spacial score (nSPS) is 16.2. The van der Waals surface area contributed by atoms with E-state index in [1.807, 2.05) is 68.5 Å². The molecule has 0 saturated heterocycles. The number of ketones is 2. The second-order valence-electron chi connectivity index (χ2n) is 11.3. The second kappa shape index (κ2) is 8.83. The molecule has 0 fully saturated rings. The summed E-state index contributed by atoms with van der Waals surface area (Å²) < 4.78 is 30.4. The predicted octanol–water partition coefficient (Wildman–Crippen LogP) is 6.95. The first kappa shape index (κ1) is 25.2. The maximum Gasteiger partial charge on any atom is 0.197 e. The number of halogens is 2. The lowest BCUT2D eigenvalue weighted by atomic mass is 9.71. The molecule has 6 heteroatoms. The van der Waals surface area contributed by atoms with Crippen molar-refractivity contribution in [3.05, 3.63) is 136 Å². The lowest BCUT2D eigenvalue weighted by molar-refractivity contribution is 0.0990. The highest BCUT2D eigenvalue weighted by atomic mass is 19.1. The molecule has 0 aromatic heterocycles. The summed E-state index contributed by atoms with van der Waals surface area (Å²) in [6.45, 7) is 4.23. The van der Waals surface area contributed by atoms with E-state index in [4.69, 9.17) is 0 Å². The summed E-state index contributed by atoms with van der Waals surface area (Å²) in [4.78, 5) is 27.8. The number of benzene rings is 5. The van der Waals surface area contributed by atoms with Crippen LogP contribution in [0.25, 0.3) is 16.8 Å². The molecular formula is C35H24BF2NO2. The SMILES string of the molecule is Bc1ccc2c(c1)C(=O)/C(=C\c1ccc3c4c(ccc3c1)N(c1c(F)cccc1F)c1ccccc1C4(C)C)C2=O. The molecule has 7 rings (SSSR count). The van der Waals surface area contributed by atoms with Crippen LogP contribution in [-0.4, -0.2) is 19.4 Å². The van der Waals surface area contributed by atoms with Crippen LogP contribution in [0.4, 0.5) is 25.8 Å². The van der Waals surface area contributed by atoms with Crippen molar-refractivity contribution in [2.45, 2.75) is 19.3 Å². The Morgan fingerprint density at radius 1 is 0.756 bits per heavy atom. The minimum absolute atomic E-state index is 0.120. The number of carbonyl (C=O) groups excluding carboxylic acids is 2. The molecule has 3 nitrogen and oxygen atoms in total. The maximum absolute atomic E-state index is 15.2. The minimum atomic E-state index is -0.644. The molecule has 1 heterocycles. The van der Waals surface area contributed by atoms with Gasteiger partial charge in [-0.25, -0.2) is 8.78 Å². The van der Waals surface area contributed by atoms with E-state index < -0.39 is 17.0 Å². The standard InChI is InChI=1S/C35H24BF2NO2/c1-35(2)26-6-3-4-9-29(26)39(32-27(37)7-5-8-28(32)38)30-15-11-20-16-19(10-13-22(20)31(30)35)17-25-33(40)23-14-12-21(36)18-24(23)34(25)41/h3-18H,36H2,1-2H3/b25-17-. The summed E-state index contributed by atoms with van der Waals surface area (Å²) in [6.07, 6.45) is 1.65. The molecule has 2 aliphatic rings. The number of rotatable bonds is 2. The summed E-state index contributed by atoms with van der Waals surface area (Å²) in [7, 11) is 1.89. The highest BCUT2D eigenvalue weighted by Crippen LogP contribution is 2.54. The third-order valence-electron chi connectivity index (χ3n) is 8.33. The van der Waals surface area contributed by atoms with Crippen LogP contribution < -0.4 is 10.4 Å². The molecule has 0 N–H and O–H groups in total. The fourth-order valence-electron chi connectivity index (χ4n) is 6.41. The Labute approximate surface area is 237 Å². The van der Waals surface area contributed by atoms with Gasteiger partial charge in [0.15, 0.2) is 11.6 Å². The zero-order valence-electron chi connectivity index (χ0n) is 22.8. The van der Waals surface area contributed by atoms with Gasteiger partial charge in [-0.2, -0.15) is 0 Å². The number of fused-ring (bicyclic) bond motifs is 5. The number of nitrogens with zero attached hydrogens (tertiary/aromatic N) is 1. The topological polar surface area (TPSA) is 37.4 Å². The largest absolute Gasteiger partial charge is 0.305 e. The molecule has 0 spiro atoms. The van der Waals surface area contributed by atoms with Crippen molar-refractivity contribution in [3.8, 4) is 0 Å². The van der Waals surface area contributed by atoms with E-state index in [1.54, 1.807) is 23.1 Å². The van der Waals surface area contributed by atoms with Crippen molar-refractivity contribution in [3.63, 3.8) is 0 Å². The third-order valence-corrected chi connectivity index (χ3v) is 8.33. The van der Waals surface area contributed by atoms with Crippen molar-refractivity contribution >= 4 is 58.8 Å². The van der Waals surface area contributed by atoms with E-state index in [9.17, 15) is 9.59 Å². The van der Waals surface area contributed by atoms with E-state index in [-0.39, 0.29) is 22.8 Å². The Hall–Kier alpha value is -4.84. The molecule has 41 heavy (non-hydrogen) atoms. The molecule has 198 valence electrons. The second-order valence-corrected chi connectivity index (χ2v) is 11.3. The van der Waals surface area contributed by atoms with Crippen molar-refractivity contribution in [1.29, 1.82) is 0 Å². The van der Waals surface area contributed by atoms with Gasteiger partial charge >= 0.3 is 0 Å². The quantitative estimate of drug-likeness (QED) is 0.139. The molecule has 5 aromatic carbocycles. The first-order valence-corrected chi connectivity index (χ1v) is 13.5. The Kier molecular flexibility index (Phi) is 5.42. The third kappa shape index (κ3) is 3.63. The average molecular weight is 539 g/mol. The maximum atomic E-state index is 15.2. The zero-order valence-corrected chi connectivity index (χ0v) is 22.8. The highest BCUT2D eigenvalue weighted by Gasteiger charge is 2.39. The van der Waals surface area contributed by atoms with Gasteiger partial charge in [-0.15, -0.1) is 0 Å². The van der Waals surface area contributed by atoms with Gasteiger partial charge in [0.1, 0.15) is 25.2 Å². The molecule has 0 atom stereocenters. The predicted molar refractivity (Wildman–Crippen MR) is 162 cm³/mol. The van der Waals surface area contributed by atoms with E-state index in [0.717, 1.165) is 38.6 Å². The van der Waals surface area contributed by atoms with Crippen molar-refractivity contribution in [2.75, 3.05) is 4.90 Å². The first-order chi connectivity index (χ1) is 19.7. The van der Waals surface area contributed by atoms with Gasteiger partial charge in [-0.1, -0.05) is 80.0 Å². The van der Waals surface area contributed by atoms with Gasteiger partial charge < -0.3 is 4.90 Å². The highest BCUT2D eigenvalue weighted by molar-refractivity contribution is 6.43. The van der Waals surface area contributed by atoms with E-state index in [0.29, 0.717) is 16.8 Å². The summed E-state index contributed by atoms with van der Waals surface area (Å²) >= 11 is 0. The van der Waals surface area contributed by atoms with Crippen LogP contribution in [0.2, 0.25) is 0 Å². The van der Waals surface area contributed by atoms with Crippen LogP contribution in [0.15, 0.2) is 96.6 Å². The van der Waals surface area contributed by atoms with Gasteiger partial charge in [-0.05, 0) is 63.9 Å². The monoisotopic (exact) mass is 539 g/mol. The van der Waals surface area contributed by atoms with Gasteiger partial charge in [0, 0.05) is 16.5 Å². The Morgan fingerprint density at radius 2 is 1.49 bits per heavy atom. The number of anilines is 3. The Balaban J connectivity index is 1.41. The summed E-state index contributed by atoms with van der Waals surface area (Å²) in [5, 5.41) is 1.82. The molecule has 5 aromatic rings. The lowest BCUT2D eigenvalue weighted by Crippen LogP contribution is -2.31. The minimum Gasteiger partial charge on any atom is -0.305 e. The van der Waals surface area contributed by atoms with E-state index >= 15 is 8.78 Å². The fraction of sp³-hybridized carbons (Fsp3) is 0.0857. The number of allylic oxidation sites excluding steroid dienone is 1. The summed E-state index contributed by atoms with van der Waals surface area (Å²) in [6, 6.07) is 26.5. The molecule has 0 unspecified atom stereocenters. The first-order valence-electron chi connectivity index (χ1n) is 13.5. The number of Topliss-reactive ketones (excluding diaryl/α,β-unsaturated/α-hetero) is 2. The molecule has 0 amide bonds. The van der Waals surface area contributed by atoms with Gasteiger partial charge in [0.05, 0.1) is 16.9 Å². The van der Waals surface area contributed by atoms with Crippen LogP contribution in [0, 0.1) is 11.6 Å². The molecule has 0 bridgehead atoms. The van der Waals surface area contributed by atoms with E-state index in [2.05, 4.69) is 13.8 Å². The molecule has 1 aliphatic heterocycles. The van der Waals surface area contributed by atoms with Crippen LogP contribution in [0.5, 0.6) is 0 Å². The van der Waals surface area contributed by atoms with Crippen molar-refractivity contribution < 1.29 is 18.4 Å². The van der Waals surface area contributed by atoms with Gasteiger partial charge in [0.2, 0.25) is 0 Å². The molecule has 0 saturated carbocycles. The molecule has 1 aliphatic carbocycles. The number of para-hydroxylation sites is 2. The van der Waals surface area contributed by atoms with Crippen LogP contribution in [-0.2, 0) is 5.41 Å². The van der Waals surface area contributed by atoms with Crippen molar-refractivity contribution in [1.82, 2.24) is 0 Å². The van der Waals surface area contributed by atoms with Crippen LogP contribution in [0.3, 0.4) is 0 Å². The molecule has 0 radical (unpaired) electrons. The smallest absolute Gasteiger partial charge is 0.197 e. The van der Waals surface area contributed by atoms with Crippen molar-refractivity contribution in [2.24, 2.45) is 0 Å². The zero-order chi connectivity index (χ0) is 28.6. The van der Waals surface area contributed by atoms with E-state index in [1.165, 1.54) is 18.2 Å². The summed E-state index contributed by atoms with van der Waals surface area (Å²) in [5.41, 5.74) is 5.38. The lowest BCUT2D eigenvalue weighted by Gasteiger charge is -2.42. The Bertz CT molecular complexity index is 1990. The number of hydrogen-bond donors (Lipinski definition) is 0. The molecular weight excluding hydrogens is 515 g/mol. The number of hydrogen-bond acceptors (Lipinski definition) is 3. The van der Waals surface area contributed by atoms with Crippen LogP contribution in [0.1, 0.15) is 51.3 Å².